The number of halogens is 2. The molecule has 0 aromatic heterocycles. The zero-order valence-corrected chi connectivity index (χ0v) is 12.8. The first-order valence-corrected chi connectivity index (χ1v) is 6.77. The van der Waals surface area contributed by atoms with Crippen LogP contribution in [0.4, 0.5) is 10.5 Å². The summed E-state index contributed by atoms with van der Waals surface area (Å²) in [5.41, 5.74) is 0.147. The molecule has 20 heavy (non-hydrogen) atoms. The second-order valence-electron chi connectivity index (χ2n) is 4.75. The van der Waals surface area contributed by atoms with Crippen LogP contribution in [0.25, 0.3) is 0 Å². The summed E-state index contributed by atoms with van der Waals surface area (Å²) in [6, 6.07) is 2.00. The Kier molecular flexibility index (Phi) is 5.65. The standard InChI is InChI=1S/C13H16Cl2N2O3/c1-6(2)7(3)16-13(20)17-11-9(14)4-8(12(18)19)5-10(11)15/h4-7H,1-3H3,(H,18,19)(H2,16,17,20). The Morgan fingerprint density at radius 2 is 1.65 bits per heavy atom. The largest absolute Gasteiger partial charge is 0.478 e. The summed E-state index contributed by atoms with van der Waals surface area (Å²) in [7, 11) is 0. The Bertz CT molecular complexity index is 509. The van der Waals surface area contributed by atoms with Crippen LogP contribution >= 0.6 is 23.2 Å². The Hall–Kier alpha value is -1.46. The molecule has 0 bridgehead atoms. The number of aromatic carboxylic acids is 1. The number of anilines is 1. The number of rotatable bonds is 4. The highest BCUT2D eigenvalue weighted by Crippen LogP contribution is 2.31. The van der Waals surface area contributed by atoms with Gasteiger partial charge >= 0.3 is 12.0 Å². The van der Waals surface area contributed by atoms with Crippen molar-refractivity contribution in [1.82, 2.24) is 5.32 Å². The molecule has 1 rings (SSSR count). The molecule has 0 aliphatic rings. The third-order valence-corrected chi connectivity index (χ3v) is 3.48. The molecule has 7 heteroatoms. The van der Waals surface area contributed by atoms with Gasteiger partial charge in [-0.3, -0.25) is 0 Å². The zero-order valence-electron chi connectivity index (χ0n) is 11.3. The molecular weight excluding hydrogens is 303 g/mol. The summed E-state index contributed by atoms with van der Waals surface area (Å²) >= 11 is 11.9. The molecule has 110 valence electrons. The molecule has 5 nitrogen and oxygen atoms in total. The Labute approximate surface area is 127 Å². The molecule has 0 fully saturated rings. The normalized spacial score (nSPS) is 12.1. The number of urea groups is 1. The van der Waals surface area contributed by atoms with Crippen molar-refractivity contribution in [3.8, 4) is 0 Å². The molecule has 0 aliphatic heterocycles. The van der Waals surface area contributed by atoms with E-state index in [-0.39, 0.29) is 33.3 Å². The maximum atomic E-state index is 11.8. The number of carboxylic acid groups (broad SMARTS) is 1. The molecule has 0 aliphatic carbocycles. The van der Waals surface area contributed by atoms with Crippen molar-refractivity contribution < 1.29 is 14.7 Å². The lowest BCUT2D eigenvalue weighted by molar-refractivity contribution is 0.0697. The third-order valence-electron chi connectivity index (χ3n) is 2.89. The number of benzene rings is 1. The molecular formula is C13H16Cl2N2O3. The molecule has 0 radical (unpaired) electrons. The third kappa shape index (κ3) is 4.28. The molecule has 1 aromatic rings. The maximum absolute atomic E-state index is 11.8. The number of carbonyl (C=O) groups excluding carboxylic acids is 1. The fourth-order valence-electron chi connectivity index (χ4n) is 1.34. The van der Waals surface area contributed by atoms with Gasteiger partial charge in [0.1, 0.15) is 0 Å². The zero-order chi connectivity index (χ0) is 15.4. The molecule has 0 heterocycles. The van der Waals surface area contributed by atoms with Crippen LogP contribution in [-0.4, -0.2) is 23.1 Å². The molecule has 1 aromatic carbocycles. The minimum Gasteiger partial charge on any atom is -0.478 e. The fraction of sp³-hybridized carbons (Fsp3) is 0.385. The summed E-state index contributed by atoms with van der Waals surface area (Å²) in [5.74, 6) is -0.862. The van der Waals surface area contributed by atoms with E-state index in [0.29, 0.717) is 0 Å². The lowest BCUT2D eigenvalue weighted by Gasteiger charge is -2.18. The second kappa shape index (κ2) is 6.81. The van der Waals surface area contributed by atoms with Crippen LogP contribution in [-0.2, 0) is 0 Å². The Morgan fingerprint density at radius 1 is 1.15 bits per heavy atom. The van der Waals surface area contributed by atoms with Crippen molar-refractivity contribution in [2.24, 2.45) is 5.92 Å². The predicted molar refractivity (Wildman–Crippen MR) is 79.9 cm³/mol. The fourth-order valence-corrected chi connectivity index (χ4v) is 1.92. The molecule has 3 N–H and O–H groups in total. The Morgan fingerprint density at radius 3 is 2.05 bits per heavy atom. The van der Waals surface area contributed by atoms with E-state index >= 15 is 0 Å². The van der Waals surface area contributed by atoms with Gasteiger partial charge < -0.3 is 15.7 Å². The summed E-state index contributed by atoms with van der Waals surface area (Å²) in [4.78, 5) is 22.6. The quantitative estimate of drug-likeness (QED) is 0.788. The first-order chi connectivity index (χ1) is 9.22. The van der Waals surface area contributed by atoms with Gasteiger partial charge in [-0.15, -0.1) is 0 Å². The van der Waals surface area contributed by atoms with E-state index in [4.69, 9.17) is 28.3 Å². The molecule has 1 unspecified atom stereocenters. The van der Waals surface area contributed by atoms with Crippen molar-refractivity contribution in [1.29, 1.82) is 0 Å². The molecule has 0 saturated carbocycles. The highest BCUT2D eigenvalue weighted by molar-refractivity contribution is 6.40. The van der Waals surface area contributed by atoms with Gasteiger partial charge in [-0.25, -0.2) is 9.59 Å². The van der Waals surface area contributed by atoms with E-state index in [2.05, 4.69) is 10.6 Å². The van der Waals surface area contributed by atoms with Crippen LogP contribution in [0.3, 0.4) is 0 Å². The number of nitrogens with one attached hydrogen (secondary N) is 2. The SMILES string of the molecule is CC(C)C(C)NC(=O)Nc1c(Cl)cc(C(=O)O)cc1Cl. The molecule has 0 saturated heterocycles. The number of carboxylic acids is 1. The topological polar surface area (TPSA) is 78.4 Å². The van der Waals surface area contributed by atoms with Gasteiger partial charge in [-0.05, 0) is 25.0 Å². The van der Waals surface area contributed by atoms with Crippen LogP contribution in [0, 0.1) is 5.92 Å². The first-order valence-electron chi connectivity index (χ1n) is 6.02. The van der Waals surface area contributed by atoms with Crippen LogP contribution in [0.5, 0.6) is 0 Å². The van der Waals surface area contributed by atoms with Gasteiger partial charge in [0.25, 0.3) is 0 Å². The number of amides is 2. The summed E-state index contributed by atoms with van der Waals surface area (Å²) < 4.78 is 0. The number of carbonyl (C=O) groups is 2. The van der Waals surface area contributed by atoms with Gasteiger partial charge in [-0.2, -0.15) is 0 Å². The van der Waals surface area contributed by atoms with Gasteiger partial charge in [0, 0.05) is 6.04 Å². The number of hydrogen-bond acceptors (Lipinski definition) is 2. The molecule has 2 amide bonds. The van der Waals surface area contributed by atoms with Crippen molar-refractivity contribution in [2.45, 2.75) is 26.8 Å². The minimum atomic E-state index is -1.14. The van der Waals surface area contributed by atoms with Crippen LogP contribution < -0.4 is 10.6 Å². The monoisotopic (exact) mass is 318 g/mol. The van der Waals surface area contributed by atoms with Gasteiger partial charge in [0.05, 0.1) is 21.3 Å². The van der Waals surface area contributed by atoms with E-state index in [9.17, 15) is 9.59 Å². The second-order valence-corrected chi connectivity index (χ2v) is 5.57. The average molecular weight is 319 g/mol. The van der Waals surface area contributed by atoms with Crippen molar-refractivity contribution in [2.75, 3.05) is 5.32 Å². The van der Waals surface area contributed by atoms with Crippen LogP contribution in [0.1, 0.15) is 31.1 Å². The van der Waals surface area contributed by atoms with E-state index < -0.39 is 12.0 Å². The summed E-state index contributed by atoms with van der Waals surface area (Å²) in [5, 5.41) is 14.3. The molecule has 1 atom stereocenters. The van der Waals surface area contributed by atoms with Crippen LogP contribution in [0.15, 0.2) is 12.1 Å². The minimum absolute atomic E-state index is 0.0224. The Balaban J connectivity index is 2.88. The predicted octanol–water partition coefficient (Wildman–Crippen LogP) is 3.86. The first kappa shape index (κ1) is 16.6. The summed E-state index contributed by atoms with van der Waals surface area (Å²) in [6.45, 7) is 5.83. The van der Waals surface area contributed by atoms with Crippen molar-refractivity contribution in [3.63, 3.8) is 0 Å². The van der Waals surface area contributed by atoms with Crippen molar-refractivity contribution in [3.05, 3.63) is 27.7 Å². The van der Waals surface area contributed by atoms with Crippen LogP contribution in [0.2, 0.25) is 10.0 Å². The molecule has 0 spiro atoms. The smallest absolute Gasteiger partial charge is 0.335 e. The lowest BCUT2D eigenvalue weighted by atomic mass is 10.1. The maximum Gasteiger partial charge on any atom is 0.335 e. The average Bonchev–Trinajstić information content (AvgIpc) is 2.33. The summed E-state index contributed by atoms with van der Waals surface area (Å²) in [6.07, 6.45) is 0. The highest BCUT2D eigenvalue weighted by atomic mass is 35.5. The van der Waals surface area contributed by atoms with Crippen molar-refractivity contribution >= 4 is 40.9 Å². The van der Waals surface area contributed by atoms with E-state index in [1.807, 2.05) is 20.8 Å². The van der Waals surface area contributed by atoms with E-state index in [1.165, 1.54) is 12.1 Å². The lowest BCUT2D eigenvalue weighted by Crippen LogP contribution is -2.39. The van der Waals surface area contributed by atoms with E-state index in [0.717, 1.165) is 0 Å². The van der Waals surface area contributed by atoms with Gasteiger partial charge in [0.2, 0.25) is 0 Å². The number of hydrogen-bond donors (Lipinski definition) is 3. The van der Waals surface area contributed by atoms with Gasteiger partial charge in [-0.1, -0.05) is 37.0 Å². The highest BCUT2D eigenvalue weighted by Gasteiger charge is 2.16. The van der Waals surface area contributed by atoms with E-state index in [1.54, 1.807) is 0 Å². The van der Waals surface area contributed by atoms with Gasteiger partial charge in [0.15, 0.2) is 0 Å².